The normalized spacial score (nSPS) is 13.4. The van der Waals surface area contributed by atoms with Crippen molar-refractivity contribution in [3.63, 3.8) is 0 Å². The van der Waals surface area contributed by atoms with E-state index in [2.05, 4.69) is 64.7 Å². The molecule has 0 saturated carbocycles. The molecule has 0 spiro atoms. The summed E-state index contributed by atoms with van der Waals surface area (Å²) in [6, 6.07) is 24.3. The predicted molar refractivity (Wildman–Crippen MR) is 301 cm³/mol. The second kappa shape index (κ2) is 27.8. The lowest BCUT2D eigenvalue weighted by Crippen LogP contribution is -2.36. The summed E-state index contributed by atoms with van der Waals surface area (Å²) >= 11 is 0. The molecule has 3 aromatic heterocycles. The van der Waals surface area contributed by atoms with Gasteiger partial charge in [-0.05, 0) is 143 Å². The van der Waals surface area contributed by atoms with Crippen molar-refractivity contribution in [3.8, 4) is 40.5 Å². The molecule has 19 nitrogen and oxygen atoms in total. The van der Waals surface area contributed by atoms with Crippen molar-refractivity contribution >= 4 is 61.9 Å². The minimum Gasteiger partial charge on any atom is -0.507 e. The van der Waals surface area contributed by atoms with Gasteiger partial charge in [0.15, 0.2) is 17.6 Å². The second-order valence-electron chi connectivity index (χ2n) is 19.0. The Balaban J connectivity index is 0.656. The maximum Gasteiger partial charge on any atom is 0.406 e. The number of imidazole rings is 1. The molecule has 0 aliphatic carbocycles. The van der Waals surface area contributed by atoms with E-state index in [1.807, 2.05) is 32.0 Å². The number of halogens is 3. The van der Waals surface area contributed by atoms with E-state index in [-0.39, 0.29) is 68.8 Å². The molecule has 7 aromatic rings. The molecule has 4 aromatic carbocycles. The third-order valence-corrected chi connectivity index (χ3v) is 14.1. The average molecular weight is 1120 g/mol. The van der Waals surface area contributed by atoms with Gasteiger partial charge in [0, 0.05) is 41.3 Å². The van der Waals surface area contributed by atoms with Crippen LogP contribution in [0.4, 0.5) is 30.4 Å². The first kappa shape index (κ1) is 58.3. The number of aromatic hydroxyl groups is 1. The molecule has 2 amide bonds. The number of H-pyrrole nitrogens is 1. The average Bonchev–Trinajstić information content (AvgIpc) is 4.15. The van der Waals surface area contributed by atoms with Gasteiger partial charge in [-0.3, -0.25) is 14.3 Å². The Hall–Kier alpha value is -7.88. The number of hydrogen-bond donors (Lipinski definition) is 7. The number of ether oxygens (including phenoxy) is 5. The van der Waals surface area contributed by atoms with E-state index in [0.29, 0.717) is 87.7 Å². The zero-order valence-corrected chi connectivity index (χ0v) is 45.7. The third-order valence-electron chi connectivity index (χ3n) is 13.0. The van der Waals surface area contributed by atoms with Crippen LogP contribution in [-0.2, 0) is 36.5 Å². The highest BCUT2D eigenvalue weighted by Gasteiger charge is 2.30. The Labute approximate surface area is 463 Å². The number of nitrogens with one attached hydrogen (secondary N) is 6. The highest BCUT2D eigenvalue weighted by atomic mass is 32.2. The minimum absolute atomic E-state index is 0.104. The van der Waals surface area contributed by atoms with Crippen molar-refractivity contribution < 1.29 is 55.8 Å². The van der Waals surface area contributed by atoms with Crippen molar-refractivity contribution in [2.24, 2.45) is 0 Å². The summed E-state index contributed by atoms with van der Waals surface area (Å²) in [4.78, 5) is 40.2. The standard InChI is InChI=1S/C57H65F3N10O9S/c1-37-29-40(30-38(2)54(37)72)55-66-47-14-12-44(33-49(47)67-55)80(74)68-52-15-11-43(34-64-52)79-35-53(71)62-19-23-76-25-27-78-28-26-77-24-20-63-56(73)39-10-13-48(51(31-39)75-4)61-18-6-7-42-32-45-46(65-41-16-21-69(3)22-17-41)8-5-9-50(45)70(42)36-57(58,59)60/h5,8-15,29-34,41,61,65,72H,16-28,35-36H2,1-4H3,(H,62,71)(H,63,73)(H,64,68)(H,66,67). The molecule has 23 heteroatoms. The van der Waals surface area contributed by atoms with Crippen LogP contribution < -0.4 is 35.5 Å². The molecule has 1 atom stereocenters. The Morgan fingerprint density at radius 3 is 2.30 bits per heavy atom. The molecule has 1 saturated heterocycles. The van der Waals surface area contributed by atoms with Crippen LogP contribution in [0.3, 0.4) is 0 Å². The zero-order chi connectivity index (χ0) is 56.6. The van der Waals surface area contributed by atoms with Gasteiger partial charge in [0.05, 0.1) is 92.3 Å². The number of benzene rings is 4. The van der Waals surface area contributed by atoms with Gasteiger partial charge in [0.1, 0.15) is 35.4 Å². The first-order valence-electron chi connectivity index (χ1n) is 26.0. The molecule has 80 heavy (non-hydrogen) atoms. The Morgan fingerprint density at radius 1 is 0.875 bits per heavy atom. The number of piperidine rings is 1. The zero-order valence-electron chi connectivity index (χ0n) is 44.9. The molecule has 1 unspecified atom stereocenters. The predicted octanol–water partition coefficient (Wildman–Crippen LogP) is 7.55. The number of phenolic OH excluding ortho intramolecular Hbond substituents is 1. The van der Waals surface area contributed by atoms with Crippen LogP contribution in [0, 0.1) is 25.7 Å². The van der Waals surface area contributed by atoms with Crippen LogP contribution >= 0.6 is 0 Å². The number of nitrogens with zero attached hydrogens (tertiary/aromatic N) is 4. The molecular formula is C57H65F3N10O9S. The van der Waals surface area contributed by atoms with E-state index in [1.54, 1.807) is 66.7 Å². The fourth-order valence-electron chi connectivity index (χ4n) is 8.85. The maximum atomic E-state index is 13.8. The molecule has 424 valence electrons. The van der Waals surface area contributed by atoms with Gasteiger partial charge in [-0.25, -0.2) is 14.2 Å². The molecular weight excluding hydrogens is 1060 g/mol. The second-order valence-corrected chi connectivity index (χ2v) is 20.2. The molecule has 1 fully saturated rings. The van der Waals surface area contributed by atoms with E-state index in [0.717, 1.165) is 48.3 Å². The number of phenols is 1. The SMILES string of the molecule is COc1cc(C(=O)NCCOCCOCCOCCNC(=O)COc2ccc(NS(=O)c3ccc4nc(-c5cc(C)c(O)c(C)c5)[nH]c4c3)nc2)ccc1NCC#Cc1cc2c(NC3CCN(C)CC3)cccc2n1CC(F)(F)F. The van der Waals surface area contributed by atoms with Gasteiger partial charge < -0.3 is 64.5 Å². The van der Waals surface area contributed by atoms with Gasteiger partial charge in [-0.15, -0.1) is 0 Å². The Bertz CT molecular complexity index is 3310. The number of carbonyl (C=O) groups is 2. The van der Waals surface area contributed by atoms with Crippen LogP contribution in [0.5, 0.6) is 17.2 Å². The minimum atomic E-state index is -4.44. The van der Waals surface area contributed by atoms with Gasteiger partial charge in [-0.2, -0.15) is 13.2 Å². The van der Waals surface area contributed by atoms with Gasteiger partial charge in [-0.1, -0.05) is 12.0 Å². The largest absolute Gasteiger partial charge is 0.507 e. The summed E-state index contributed by atoms with van der Waals surface area (Å²) in [5.41, 5.74) is 6.14. The van der Waals surface area contributed by atoms with Gasteiger partial charge in [0.25, 0.3) is 11.8 Å². The molecule has 1 aliphatic rings. The topological polar surface area (TPSA) is 227 Å². The molecule has 4 heterocycles. The van der Waals surface area contributed by atoms with Crippen LogP contribution in [0.1, 0.15) is 40.0 Å². The molecule has 8 rings (SSSR count). The number of carbonyl (C=O) groups excluding carboxylic acids is 2. The van der Waals surface area contributed by atoms with Crippen LogP contribution in [0.2, 0.25) is 0 Å². The maximum absolute atomic E-state index is 13.8. The number of aromatic nitrogens is 4. The summed E-state index contributed by atoms with van der Waals surface area (Å²) in [5.74, 6) is 7.19. The summed E-state index contributed by atoms with van der Waals surface area (Å²) in [5, 5.41) is 23.1. The molecule has 7 N–H and O–H groups in total. The number of methoxy groups -OCH3 is 1. The number of aromatic amines is 1. The smallest absolute Gasteiger partial charge is 0.406 e. The number of likely N-dealkylation sites (tertiary alicyclic amines) is 1. The van der Waals surface area contributed by atoms with E-state index < -0.39 is 23.7 Å². The van der Waals surface area contributed by atoms with Gasteiger partial charge >= 0.3 is 6.18 Å². The highest BCUT2D eigenvalue weighted by Crippen LogP contribution is 2.33. The summed E-state index contributed by atoms with van der Waals surface area (Å²) in [6.07, 6.45) is -1.13. The van der Waals surface area contributed by atoms with E-state index in [4.69, 9.17) is 23.7 Å². The first-order chi connectivity index (χ1) is 38.6. The van der Waals surface area contributed by atoms with Crippen molar-refractivity contribution in [1.82, 2.24) is 35.1 Å². The monoisotopic (exact) mass is 1120 g/mol. The molecule has 0 bridgehead atoms. The number of rotatable bonds is 26. The van der Waals surface area contributed by atoms with Crippen LogP contribution in [-0.4, -0.2) is 151 Å². The van der Waals surface area contributed by atoms with Crippen molar-refractivity contribution in [3.05, 3.63) is 114 Å². The third kappa shape index (κ3) is 16.4. The lowest BCUT2D eigenvalue weighted by Gasteiger charge is -2.30. The van der Waals surface area contributed by atoms with Crippen LogP contribution in [0.25, 0.3) is 33.3 Å². The Kier molecular flexibility index (Phi) is 20.3. The number of alkyl halides is 3. The number of hydrogen-bond acceptors (Lipinski definition) is 14. The van der Waals surface area contributed by atoms with Gasteiger partial charge in [0.2, 0.25) is 0 Å². The number of anilines is 3. The number of pyridine rings is 1. The summed E-state index contributed by atoms with van der Waals surface area (Å²) in [6.45, 7) is 6.51. The fraction of sp³-hybridized carbons (Fsp3) is 0.368. The molecule has 1 aliphatic heterocycles. The quantitative estimate of drug-likeness (QED) is 0.0205. The van der Waals surface area contributed by atoms with Crippen molar-refractivity contribution in [1.29, 1.82) is 0 Å². The van der Waals surface area contributed by atoms with Crippen molar-refractivity contribution in [2.45, 2.75) is 50.3 Å². The lowest BCUT2D eigenvalue weighted by atomic mass is 10.0. The number of amides is 2. The lowest BCUT2D eigenvalue weighted by molar-refractivity contribution is -0.140. The molecule has 0 radical (unpaired) electrons. The van der Waals surface area contributed by atoms with E-state index in [1.165, 1.54) is 17.9 Å². The van der Waals surface area contributed by atoms with E-state index in [9.17, 15) is 32.1 Å². The van der Waals surface area contributed by atoms with E-state index >= 15 is 0 Å². The Morgan fingerprint density at radius 2 is 1.60 bits per heavy atom. The summed E-state index contributed by atoms with van der Waals surface area (Å²) in [7, 11) is 1.91. The number of aryl methyl sites for hydroxylation is 2. The van der Waals surface area contributed by atoms with Crippen LogP contribution in [0.15, 0.2) is 96.0 Å². The first-order valence-corrected chi connectivity index (χ1v) is 27.2. The van der Waals surface area contributed by atoms with Crippen molar-refractivity contribution in [2.75, 3.05) is 108 Å². The fourth-order valence-corrected chi connectivity index (χ4v) is 9.69. The summed E-state index contributed by atoms with van der Waals surface area (Å²) < 4.78 is 86.3. The highest BCUT2D eigenvalue weighted by molar-refractivity contribution is 7.86. The number of fused-ring (bicyclic) bond motifs is 2.